The van der Waals surface area contributed by atoms with Crippen LogP contribution in [0, 0.1) is 0 Å². The summed E-state index contributed by atoms with van der Waals surface area (Å²) < 4.78 is 0. The Morgan fingerprint density at radius 3 is 2.15 bits per heavy atom. The first-order valence-electron chi connectivity index (χ1n) is 6.59. The van der Waals surface area contributed by atoms with Gasteiger partial charge in [0.2, 0.25) is 0 Å². The molecule has 1 heterocycles. The molecule has 1 fully saturated rings. The van der Waals surface area contributed by atoms with E-state index in [0.717, 1.165) is 18.1 Å². The lowest BCUT2D eigenvalue weighted by atomic mass is 10.1. The second-order valence-corrected chi connectivity index (χ2v) is 7.59. The van der Waals surface area contributed by atoms with Gasteiger partial charge in [0.05, 0.1) is 25.4 Å². The average molecular weight is 327 g/mol. The van der Waals surface area contributed by atoms with Crippen LogP contribution in [0.15, 0.2) is 0 Å². The van der Waals surface area contributed by atoms with Gasteiger partial charge in [-0.25, -0.2) is 0 Å². The molecule has 0 aromatic heterocycles. The fraction of sp³-hybridized carbons (Fsp3) is 0.917. The summed E-state index contributed by atoms with van der Waals surface area (Å²) in [7, 11) is 3.92. The minimum absolute atomic E-state index is 0.338. The first kappa shape index (κ1) is 20.0. The number of unbranched alkanes of at least 4 members (excludes halogenated alkanes) is 1. The van der Waals surface area contributed by atoms with Gasteiger partial charge in [-0.2, -0.15) is 0 Å². The molecule has 6 N–H and O–H groups in total. The van der Waals surface area contributed by atoms with E-state index >= 15 is 0 Å². The lowest BCUT2D eigenvalue weighted by molar-refractivity contribution is -0.137. The highest BCUT2D eigenvalue weighted by Gasteiger charge is 2.20. The van der Waals surface area contributed by atoms with Crippen molar-refractivity contribution in [3.63, 3.8) is 0 Å². The lowest BCUT2D eigenvalue weighted by Crippen LogP contribution is -2.50. The maximum atomic E-state index is 10.2. The van der Waals surface area contributed by atoms with Gasteiger partial charge in [0.15, 0.2) is 0 Å². The lowest BCUT2D eigenvalue weighted by Gasteiger charge is -2.20. The van der Waals surface area contributed by atoms with Gasteiger partial charge in [0.25, 0.3) is 0 Å². The van der Waals surface area contributed by atoms with Gasteiger partial charge >= 0.3 is 5.97 Å². The van der Waals surface area contributed by atoms with Crippen molar-refractivity contribution in [3.05, 3.63) is 0 Å². The van der Waals surface area contributed by atoms with Crippen LogP contribution in [0.2, 0.25) is 0 Å². The fourth-order valence-electron chi connectivity index (χ4n) is 1.36. The fourth-order valence-corrected chi connectivity index (χ4v) is 4.39. The maximum absolute atomic E-state index is 10.2. The van der Waals surface area contributed by atoms with Gasteiger partial charge in [0.1, 0.15) is 0 Å². The van der Waals surface area contributed by atoms with Crippen LogP contribution >= 0.6 is 21.6 Å². The van der Waals surface area contributed by atoms with Crippen molar-refractivity contribution in [2.75, 3.05) is 25.6 Å². The summed E-state index contributed by atoms with van der Waals surface area (Å²) in [5.74, 6) is 0.609. The van der Waals surface area contributed by atoms with Gasteiger partial charge in [-0.15, -0.1) is 0 Å². The quantitative estimate of drug-likeness (QED) is 0.321. The molecular weight excluding hydrogens is 302 g/mol. The normalized spacial score (nSPS) is 18.5. The van der Waals surface area contributed by atoms with E-state index in [-0.39, 0.29) is 0 Å². The molecule has 6 nitrogen and oxygen atoms in total. The summed E-state index contributed by atoms with van der Waals surface area (Å²) in [6, 6.07) is 0. The number of hydrogen-bond donors (Lipinski definition) is 5. The molecule has 0 amide bonds. The first-order valence-corrected chi connectivity index (χ1v) is 8.97. The Labute approximate surface area is 127 Å². The Hall–Kier alpha value is 0.0100. The molecule has 1 saturated heterocycles. The molecule has 1 atom stereocenters. The molecule has 0 bridgehead atoms. The van der Waals surface area contributed by atoms with Crippen molar-refractivity contribution in [1.82, 2.24) is 0 Å². The minimum atomic E-state index is -1.21. The average Bonchev–Trinajstić information content (AvgIpc) is 2.96. The van der Waals surface area contributed by atoms with Crippen LogP contribution in [0.25, 0.3) is 0 Å². The molecule has 0 unspecified atom stereocenters. The summed E-state index contributed by atoms with van der Waals surface area (Å²) >= 11 is 0. The zero-order valence-corrected chi connectivity index (χ0v) is 13.2. The van der Waals surface area contributed by atoms with Crippen molar-refractivity contribution in [3.8, 4) is 0 Å². The second kappa shape index (κ2) is 11.6. The topological polar surface area (TPSA) is 124 Å². The monoisotopic (exact) mass is 327 g/mol. The van der Waals surface area contributed by atoms with Gasteiger partial charge in [0, 0.05) is 17.4 Å². The van der Waals surface area contributed by atoms with Crippen molar-refractivity contribution < 1.29 is 25.2 Å². The third-order valence-corrected chi connectivity index (χ3v) is 5.85. The van der Waals surface area contributed by atoms with Crippen molar-refractivity contribution in [1.29, 1.82) is 0 Å². The Bertz CT molecular complexity index is 250. The van der Waals surface area contributed by atoms with Crippen LogP contribution in [-0.4, -0.2) is 62.8 Å². The third kappa shape index (κ3) is 9.84. The van der Waals surface area contributed by atoms with Crippen LogP contribution in [0.3, 0.4) is 0 Å². The van der Waals surface area contributed by atoms with Crippen molar-refractivity contribution in [2.24, 2.45) is 5.73 Å². The summed E-state index contributed by atoms with van der Waals surface area (Å²) in [5, 5.41) is 34.2. The Morgan fingerprint density at radius 2 is 1.80 bits per heavy atom. The van der Waals surface area contributed by atoms with E-state index in [1.54, 1.807) is 0 Å². The first-order chi connectivity index (χ1) is 9.47. The van der Waals surface area contributed by atoms with Gasteiger partial charge in [-0.05, 0) is 19.3 Å². The summed E-state index contributed by atoms with van der Waals surface area (Å²) in [5.41, 5.74) is 3.94. The SMILES string of the molecule is NC(CO)(CO)CO.O=C(O)CCCC[C@@H]1CCSS1. The number of carboxylic acid groups (broad SMARTS) is 1. The molecule has 0 saturated carbocycles. The summed E-state index contributed by atoms with van der Waals surface area (Å²) in [6.45, 7) is -1.21. The number of carbonyl (C=O) groups is 1. The van der Waals surface area contributed by atoms with Crippen LogP contribution in [-0.2, 0) is 4.79 Å². The van der Waals surface area contributed by atoms with E-state index in [1.165, 1.54) is 18.6 Å². The standard InChI is InChI=1S/C8H14O2S2.C4H11NO3/c9-8(10)4-2-1-3-7-5-6-11-12-7;5-4(1-6,2-7)3-8/h7H,1-6H2,(H,9,10);6-8H,1-3,5H2/t7-;/m1./s1. The van der Waals surface area contributed by atoms with Crippen molar-refractivity contribution in [2.45, 2.75) is 42.9 Å². The molecule has 20 heavy (non-hydrogen) atoms. The highest BCUT2D eigenvalue weighted by Crippen LogP contribution is 2.39. The predicted molar refractivity (Wildman–Crippen MR) is 82.7 cm³/mol. The predicted octanol–water partition coefficient (Wildman–Crippen LogP) is 0.446. The molecule has 0 aromatic carbocycles. The van der Waals surface area contributed by atoms with E-state index in [9.17, 15) is 4.79 Å². The van der Waals surface area contributed by atoms with Crippen LogP contribution in [0.4, 0.5) is 0 Å². The van der Waals surface area contributed by atoms with Crippen LogP contribution in [0.1, 0.15) is 32.1 Å². The van der Waals surface area contributed by atoms with Crippen molar-refractivity contribution >= 4 is 27.6 Å². The van der Waals surface area contributed by atoms with Gasteiger partial charge in [-0.3, -0.25) is 4.79 Å². The molecule has 1 aliphatic rings. The van der Waals surface area contributed by atoms with E-state index in [4.69, 9.17) is 26.2 Å². The molecule has 0 spiro atoms. The molecule has 0 aromatic rings. The molecule has 1 aliphatic heterocycles. The molecule has 0 radical (unpaired) electrons. The number of hydrogen-bond acceptors (Lipinski definition) is 7. The van der Waals surface area contributed by atoms with E-state index in [2.05, 4.69) is 0 Å². The Kier molecular flexibility index (Phi) is 11.7. The number of aliphatic hydroxyl groups is 3. The second-order valence-electron chi connectivity index (χ2n) is 4.81. The smallest absolute Gasteiger partial charge is 0.303 e. The molecule has 1 rings (SSSR count). The zero-order valence-electron chi connectivity index (χ0n) is 11.5. The van der Waals surface area contributed by atoms with Crippen LogP contribution in [0.5, 0.6) is 0 Å². The number of carboxylic acids is 1. The number of rotatable bonds is 8. The van der Waals surface area contributed by atoms with E-state index in [0.29, 0.717) is 6.42 Å². The summed E-state index contributed by atoms with van der Waals surface area (Å²) in [4.78, 5) is 10.2. The molecular formula is C12H25NO5S2. The summed E-state index contributed by atoms with van der Waals surface area (Å²) in [6.07, 6.45) is 4.76. The number of aliphatic hydroxyl groups excluding tert-OH is 3. The van der Waals surface area contributed by atoms with Crippen LogP contribution < -0.4 is 5.73 Å². The maximum Gasteiger partial charge on any atom is 0.303 e. The highest BCUT2D eigenvalue weighted by molar-refractivity contribution is 8.77. The zero-order chi connectivity index (χ0) is 15.4. The number of aliphatic carboxylic acids is 1. The molecule has 120 valence electrons. The number of nitrogens with two attached hydrogens (primary N) is 1. The Balaban J connectivity index is 0.000000396. The molecule has 8 heteroatoms. The minimum Gasteiger partial charge on any atom is -0.481 e. The van der Waals surface area contributed by atoms with E-state index in [1.807, 2.05) is 21.6 Å². The molecule has 0 aliphatic carbocycles. The highest BCUT2D eigenvalue weighted by atomic mass is 33.1. The third-order valence-electron chi connectivity index (χ3n) is 2.84. The Morgan fingerprint density at radius 1 is 1.20 bits per heavy atom. The van der Waals surface area contributed by atoms with E-state index < -0.39 is 31.3 Å². The van der Waals surface area contributed by atoms with Gasteiger partial charge < -0.3 is 26.2 Å². The largest absolute Gasteiger partial charge is 0.481 e. The van der Waals surface area contributed by atoms with Gasteiger partial charge in [-0.1, -0.05) is 28.0 Å².